The summed E-state index contributed by atoms with van der Waals surface area (Å²) in [5, 5.41) is 3.83. The molecule has 0 unspecified atom stereocenters. The van der Waals surface area contributed by atoms with Crippen LogP contribution in [0.3, 0.4) is 0 Å². The van der Waals surface area contributed by atoms with Crippen molar-refractivity contribution >= 4 is 22.5 Å². The second-order valence-electron chi connectivity index (χ2n) is 5.43. The van der Waals surface area contributed by atoms with Crippen LogP contribution in [0.25, 0.3) is 10.9 Å². The van der Waals surface area contributed by atoms with E-state index in [1.165, 1.54) is 0 Å². The minimum Gasteiger partial charge on any atom is -0.396 e. The van der Waals surface area contributed by atoms with Crippen LogP contribution in [0.2, 0.25) is 0 Å². The van der Waals surface area contributed by atoms with Crippen molar-refractivity contribution in [3.63, 3.8) is 0 Å². The summed E-state index contributed by atoms with van der Waals surface area (Å²) in [5.41, 5.74) is 9.12. The first-order valence-electron chi connectivity index (χ1n) is 7.77. The Hall–Kier alpha value is -2.82. The van der Waals surface area contributed by atoms with Crippen LogP contribution in [0.15, 0.2) is 48.7 Å². The van der Waals surface area contributed by atoms with Crippen molar-refractivity contribution in [2.75, 3.05) is 5.73 Å². The molecule has 5 heteroatoms. The number of nitrogen functional groups attached to an aromatic ring is 1. The van der Waals surface area contributed by atoms with Gasteiger partial charge in [-0.15, -0.1) is 0 Å². The molecule has 1 aromatic carbocycles. The fraction of sp³-hybridized carbons (Fsp3) is 0.222. The SMILES string of the molecule is CCCn1c(C(=O)NCc2ccccn2)c(N)c2ccccc21. The van der Waals surface area contributed by atoms with E-state index < -0.39 is 0 Å². The highest BCUT2D eigenvalue weighted by Gasteiger charge is 2.20. The number of carbonyl (C=O) groups excluding carboxylic acids is 1. The van der Waals surface area contributed by atoms with E-state index in [4.69, 9.17) is 5.73 Å². The van der Waals surface area contributed by atoms with Gasteiger partial charge >= 0.3 is 0 Å². The minimum absolute atomic E-state index is 0.169. The summed E-state index contributed by atoms with van der Waals surface area (Å²) >= 11 is 0. The van der Waals surface area contributed by atoms with E-state index in [2.05, 4.69) is 17.2 Å². The highest BCUT2D eigenvalue weighted by molar-refractivity contribution is 6.08. The molecule has 3 rings (SSSR count). The number of carbonyl (C=O) groups is 1. The molecule has 0 aliphatic rings. The first kappa shape index (κ1) is 15.1. The molecule has 0 aliphatic heterocycles. The van der Waals surface area contributed by atoms with Gasteiger partial charge in [-0.1, -0.05) is 31.2 Å². The molecule has 0 atom stereocenters. The molecular formula is C18H20N4O. The van der Waals surface area contributed by atoms with E-state index in [9.17, 15) is 4.79 Å². The number of hydrogen-bond acceptors (Lipinski definition) is 3. The van der Waals surface area contributed by atoms with Crippen LogP contribution in [-0.4, -0.2) is 15.5 Å². The molecule has 5 nitrogen and oxygen atoms in total. The minimum atomic E-state index is -0.169. The maximum atomic E-state index is 12.7. The number of amides is 1. The molecule has 3 N–H and O–H groups in total. The van der Waals surface area contributed by atoms with Crippen LogP contribution >= 0.6 is 0 Å². The Bertz CT molecular complexity index is 824. The van der Waals surface area contributed by atoms with Crippen LogP contribution < -0.4 is 11.1 Å². The number of anilines is 1. The molecule has 3 aromatic rings. The van der Waals surface area contributed by atoms with Gasteiger partial charge in [0.25, 0.3) is 5.91 Å². The summed E-state index contributed by atoms with van der Waals surface area (Å²) in [6, 6.07) is 13.5. The number of para-hydroxylation sites is 1. The Morgan fingerprint density at radius 3 is 2.74 bits per heavy atom. The highest BCUT2D eigenvalue weighted by Crippen LogP contribution is 2.28. The molecule has 0 fully saturated rings. The normalized spacial score (nSPS) is 10.8. The van der Waals surface area contributed by atoms with Crippen molar-refractivity contribution in [2.45, 2.75) is 26.4 Å². The highest BCUT2D eigenvalue weighted by atomic mass is 16.2. The van der Waals surface area contributed by atoms with Crippen molar-refractivity contribution in [3.05, 3.63) is 60.0 Å². The second-order valence-corrected chi connectivity index (χ2v) is 5.43. The van der Waals surface area contributed by atoms with Crippen molar-refractivity contribution in [3.8, 4) is 0 Å². The average Bonchev–Trinajstić information content (AvgIpc) is 2.87. The first-order chi connectivity index (χ1) is 11.2. The number of hydrogen-bond donors (Lipinski definition) is 2. The number of benzene rings is 1. The molecule has 1 amide bonds. The van der Waals surface area contributed by atoms with E-state index in [0.717, 1.165) is 29.6 Å². The predicted octanol–water partition coefficient (Wildman–Crippen LogP) is 2.96. The number of nitrogens with zero attached hydrogens (tertiary/aromatic N) is 2. The second kappa shape index (κ2) is 6.52. The van der Waals surface area contributed by atoms with Crippen molar-refractivity contribution in [1.29, 1.82) is 0 Å². The van der Waals surface area contributed by atoms with E-state index in [1.54, 1.807) is 6.20 Å². The third-order valence-corrected chi connectivity index (χ3v) is 3.83. The van der Waals surface area contributed by atoms with Gasteiger partial charge in [-0.3, -0.25) is 9.78 Å². The summed E-state index contributed by atoms with van der Waals surface area (Å²) < 4.78 is 2.00. The maximum absolute atomic E-state index is 12.7. The monoisotopic (exact) mass is 308 g/mol. The van der Waals surface area contributed by atoms with E-state index in [1.807, 2.05) is 47.0 Å². The van der Waals surface area contributed by atoms with Gasteiger partial charge in [0.2, 0.25) is 0 Å². The number of aryl methyl sites for hydroxylation is 1. The maximum Gasteiger partial charge on any atom is 0.270 e. The Kier molecular flexibility index (Phi) is 4.28. The van der Waals surface area contributed by atoms with Crippen LogP contribution in [0.4, 0.5) is 5.69 Å². The molecule has 0 aliphatic carbocycles. The number of pyridine rings is 1. The van der Waals surface area contributed by atoms with Gasteiger partial charge in [0.1, 0.15) is 5.69 Å². The fourth-order valence-corrected chi connectivity index (χ4v) is 2.79. The van der Waals surface area contributed by atoms with Crippen LogP contribution in [-0.2, 0) is 13.1 Å². The molecule has 0 spiro atoms. The lowest BCUT2D eigenvalue weighted by molar-refractivity contribution is 0.0942. The van der Waals surface area contributed by atoms with Gasteiger partial charge in [0.15, 0.2) is 0 Å². The van der Waals surface area contributed by atoms with Crippen molar-refractivity contribution < 1.29 is 4.79 Å². The summed E-state index contributed by atoms with van der Waals surface area (Å²) in [4.78, 5) is 16.9. The summed E-state index contributed by atoms with van der Waals surface area (Å²) in [6.45, 7) is 3.22. The molecule has 0 bridgehead atoms. The van der Waals surface area contributed by atoms with Crippen molar-refractivity contribution in [2.24, 2.45) is 0 Å². The summed E-state index contributed by atoms with van der Waals surface area (Å²) in [6.07, 6.45) is 2.64. The van der Waals surface area contributed by atoms with Crippen LogP contribution in [0.1, 0.15) is 29.5 Å². The number of rotatable bonds is 5. The Morgan fingerprint density at radius 2 is 2.00 bits per heavy atom. The average molecular weight is 308 g/mol. The lowest BCUT2D eigenvalue weighted by Crippen LogP contribution is -2.26. The molecular weight excluding hydrogens is 288 g/mol. The van der Waals surface area contributed by atoms with Crippen LogP contribution in [0, 0.1) is 0 Å². The number of fused-ring (bicyclic) bond motifs is 1. The standard InChI is InChI=1S/C18H20N4O/c1-2-11-22-15-9-4-3-8-14(15)16(19)17(22)18(23)21-12-13-7-5-6-10-20-13/h3-10H,2,11-12,19H2,1H3,(H,21,23). The molecule has 0 radical (unpaired) electrons. The van der Waals surface area contributed by atoms with Crippen LogP contribution in [0.5, 0.6) is 0 Å². The summed E-state index contributed by atoms with van der Waals surface area (Å²) in [7, 11) is 0. The zero-order valence-corrected chi connectivity index (χ0v) is 13.1. The Balaban J connectivity index is 1.93. The van der Waals surface area contributed by atoms with Gasteiger partial charge in [0, 0.05) is 18.1 Å². The van der Waals surface area contributed by atoms with Gasteiger partial charge < -0.3 is 15.6 Å². The predicted molar refractivity (Wildman–Crippen MR) is 92.0 cm³/mol. The van der Waals surface area contributed by atoms with E-state index in [0.29, 0.717) is 17.9 Å². The smallest absolute Gasteiger partial charge is 0.270 e. The van der Waals surface area contributed by atoms with Gasteiger partial charge in [-0.25, -0.2) is 0 Å². The first-order valence-corrected chi connectivity index (χ1v) is 7.77. The zero-order valence-electron chi connectivity index (χ0n) is 13.1. The Labute approximate surface area is 135 Å². The third-order valence-electron chi connectivity index (χ3n) is 3.83. The summed E-state index contributed by atoms with van der Waals surface area (Å²) in [5.74, 6) is -0.169. The molecule has 0 saturated carbocycles. The molecule has 0 saturated heterocycles. The lowest BCUT2D eigenvalue weighted by Gasteiger charge is -2.10. The largest absolute Gasteiger partial charge is 0.396 e. The zero-order chi connectivity index (χ0) is 16.2. The fourth-order valence-electron chi connectivity index (χ4n) is 2.79. The van der Waals surface area contributed by atoms with E-state index >= 15 is 0 Å². The van der Waals surface area contributed by atoms with Gasteiger partial charge in [-0.2, -0.15) is 0 Å². The topological polar surface area (TPSA) is 72.9 Å². The molecule has 118 valence electrons. The molecule has 2 heterocycles. The van der Waals surface area contributed by atoms with Gasteiger partial charge in [0.05, 0.1) is 23.4 Å². The third kappa shape index (κ3) is 2.90. The Morgan fingerprint density at radius 1 is 1.22 bits per heavy atom. The van der Waals surface area contributed by atoms with Crippen molar-refractivity contribution in [1.82, 2.24) is 14.9 Å². The van der Waals surface area contributed by atoms with E-state index in [-0.39, 0.29) is 5.91 Å². The number of aromatic nitrogens is 2. The molecule has 2 aromatic heterocycles. The van der Waals surface area contributed by atoms with Gasteiger partial charge in [-0.05, 0) is 24.6 Å². The lowest BCUT2D eigenvalue weighted by atomic mass is 10.2. The quantitative estimate of drug-likeness (QED) is 0.761. The number of nitrogens with two attached hydrogens (primary N) is 1. The molecule has 23 heavy (non-hydrogen) atoms. The number of nitrogens with one attached hydrogen (secondary N) is 1.